The fourth-order valence-corrected chi connectivity index (χ4v) is 0.853. The van der Waals surface area contributed by atoms with Crippen LogP contribution < -0.4 is 0 Å². The van der Waals surface area contributed by atoms with Crippen LogP contribution in [0.1, 0.15) is 0 Å². The van der Waals surface area contributed by atoms with Crippen LogP contribution in [0.25, 0.3) is 5.65 Å². The fraction of sp³-hybridized carbons (Fsp3) is 0. The highest BCUT2D eigenvalue weighted by Gasteiger charge is 1.95. The third-order valence-electron chi connectivity index (χ3n) is 1.34. The Morgan fingerprint density at radius 1 is 1.45 bits per heavy atom. The van der Waals surface area contributed by atoms with Gasteiger partial charge in [-0.15, -0.1) is 4.91 Å². The summed E-state index contributed by atoms with van der Waals surface area (Å²) in [6.45, 7) is 0. The van der Waals surface area contributed by atoms with E-state index in [2.05, 4.69) is 15.3 Å². The predicted molar refractivity (Wildman–Crippen MR) is 38.4 cm³/mol. The molecule has 0 spiro atoms. The summed E-state index contributed by atoms with van der Waals surface area (Å²) < 4.78 is 1.56. The van der Waals surface area contributed by atoms with Crippen LogP contribution in [0.4, 0.5) is 5.82 Å². The molecule has 0 unspecified atom stereocenters. The molecule has 11 heavy (non-hydrogen) atoms. The van der Waals surface area contributed by atoms with Crippen molar-refractivity contribution in [2.75, 3.05) is 0 Å². The molecule has 2 rings (SSSR count). The number of fused-ring (bicyclic) bond motifs is 1. The molecule has 0 fully saturated rings. The average Bonchev–Trinajstić information content (AvgIpc) is 2.50. The first kappa shape index (κ1) is 5.96. The Balaban J connectivity index is 2.76. The van der Waals surface area contributed by atoms with Crippen LogP contribution in [0, 0.1) is 4.91 Å². The molecule has 0 bridgehead atoms. The molecule has 0 saturated heterocycles. The molecule has 0 radical (unpaired) electrons. The molecule has 0 atom stereocenters. The Hall–Kier alpha value is -1.78. The number of hydrogen-bond acceptors (Lipinski definition) is 4. The van der Waals surface area contributed by atoms with Gasteiger partial charge in [0.15, 0.2) is 11.5 Å². The van der Waals surface area contributed by atoms with E-state index in [-0.39, 0.29) is 5.82 Å². The quantitative estimate of drug-likeness (QED) is 0.569. The number of nitrogens with zero attached hydrogens (tertiary/aromatic N) is 4. The Labute approximate surface area is 61.7 Å². The molecule has 0 aliphatic carbocycles. The molecule has 2 heterocycles. The number of hydrogen-bond donors (Lipinski definition) is 0. The Bertz CT molecular complexity index is 394. The monoisotopic (exact) mass is 148 g/mol. The Kier molecular flexibility index (Phi) is 1.15. The number of rotatable bonds is 1. The lowest BCUT2D eigenvalue weighted by atomic mass is 10.6. The van der Waals surface area contributed by atoms with Crippen LogP contribution in [0.5, 0.6) is 0 Å². The van der Waals surface area contributed by atoms with Gasteiger partial charge in [-0.1, -0.05) is 0 Å². The van der Waals surface area contributed by atoms with Gasteiger partial charge in [0.1, 0.15) is 0 Å². The zero-order valence-corrected chi connectivity index (χ0v) is 5.51. The van der Waals surface area contributed by atoms with E-state index < -0.39 is 0 Å². The maximum Gasteiger partial charge on any atom is 0.200 e. The van der Waals surface area contributed by atoms with Crippen molar-refractivity contribution >= 4 is 11.5 Å². The zero-order chi connectivity index (χ0) is 7.68. The van der Waals surface area contributed by atoms with E-state index >= 15 is 0 Å². The van der Waals surface area contributed by atoms with Crippen molar-refractivity contribution in [3.8, 4) is 0 Å². The van der Waals surface area contributed by atoms with Crippen LogP contribution in [-0.4, -0.2) is 14.6 Å². The molecule has 0 aromatic carbocycles. The molecule has 0 aliphatic heterocycles. The van der Waals surface area contributed by atoms with Crippen LogP contribution in [0.2, 0.25) is 0 Å². The summed E-state index contributed by atoms with van der Waals surface area (Å²) in [6.07, 6.45) is 3.25. The molecule has 54 valence electrons. The van der Waals surface area contributed by atoms with Crippen molar-refractivity contribution in [3.05, 3.63) is 29.4 Å². The first-order valence-electron chi connectivity index (χ1n) is 3.04. The van der Waals surface area contributed by atoms with Gasteiger partial charge in [0.25, 0.3) is 0 Å². The molecule has 2 aromatic rings. The first-order valence-corrected chi connectivity index (χ1v) is 3.04. The highest BCUT2D eigenvalue weighted by atomic mass is 16.3. The van der Waals surface area contributed by atoms with Gasteiger partial charge in [0, 0.05) is 18.3 Å². The average molecular weight is 148 g/mol. The Morgan fingerprint density at radius 3 is 3.18 bits per heavy atom. The smallest absolute Gasteiger partial charge is 0.200 e. The topological polar surface area (TPSA) is 59.6 Å². The van der Waals surface area contributed by atoms with E-state index in [1.54, 1.807) is 23.0 Å². The van der Waals surface area contributed by atoms with Gasteiger partial charge in [-0.3, -0.25) is 0 Å². The molecule has 2 aromatic heterocycles. The maximum absolute atomic E-state index is 10.0. The van der Waals surface area contributed by atoms with Crippen LogP contribution >= 0.6 is 0 Å². The lowest BCUT2D eigenvalue weighted by Gasteiger charge is -1.89. The molecule has 0 N–H and O–H groups in total. The van der Waals surface area contributed by atoms with Crippen LogP contribution in [0.3, 0.4) is 0 Å². The van der Waals surface area contributed by atoms with E-state index in [1.807, 2.05) is 0 Å². The highest BCUT2D eigenvalue weighted by molar-refractivity contribution is 5.41. The minimum absolute atomic E-state index is 0.179. The number of aromatic nitrogens is 3. The van der Waals surface area contributed by atoms with Crippen LogP contribution in [-0.2, 0) is 0 Å². The summed E-state index contributed by atoms with van der Waals surface area (Å²) in [7, 11) is 0. The van der Waals surface area contributed by atoms with Gasteiger partial charge in [-0.25, -0.2) is 9.50 Å². The van der Waals surface area contributed by atoms with Crippen molar-refractivity contribution in [2.24, 2.45) is 5.18 Å². The molecular weight excluding hydrogens is 144 g/mol. The largest absolute Gasteiger partial charge is 0.222 e. The normalized spacial score (nSPS) is 10.2. The predicted octanol–water partition coefficient (Wildman–Crippen LogP) is 1.13. The molecule has 0 saturated carbocycles. The van der Waals surface area contributed by atoms with Crippen molar-refractivity contribution < 1.29 is 0 Å². The van der Waals surface area contributed by atoms with Crippen molar-refractivity contribution in [1.82, 2.24) is 14.6 Å². The molecule has 5 heteroatoms. The van der Waals surface area contributed by atoms with E-state index in [1.165, 1.54) is 6.07 Å². The summed E-state index contributed by atoms with van der Waals surface area (Å²) in [5.41, 5.74) is 0.627. The van der Waals surface area contributed by atoms with Crippen LogP contribution in [0.15, 0.2) is 29.7 Å². The van der Waals surface area contributed by atoms with Gasteiger partial charge in [0.2, 0.25) is 0 Å². The minimum atomic E-state index is 0.179. The molecule has 0 amide bonds. The third kappa shape index (κ3) is 0.861. The van der Waals surface area contributed by atoms with Gasteiger partial charge >= 0.3 is 0 Å². The zero-order valence-electron chi connectivity index (χ0n) is 5.51. The van der Waals surface area contributed by atoms with Crippen molar-refractivity contribution in [2.45, 2.75) is 0 Å². The van der Waals surface area contributed by atoms with E-state index in [0.29, 0.717) is 5.65 Å². The summed E-state index contributed by atoms with van der Waals surface area (Å²) in [5, 5.41) is 6.60. The second kappa shape index (κ2) is 2.12. The molecule has 5 nitrogen and oxygen atoms in total. The second-order valence-electron chi connectivity index (χ2n) is 2.01. The molecular formula is C6H4N4O. The minimum Gasteiger partial charge on any atom is -0.222 e. The second-order valence-corrected chi connectivity index (χ2v) is 2.01. The lowest BCUT2D eigenvalue weighted by molar-refractivity contribution is 0.938. The van der Waals surface area contributed by atoms with Gasteiger partial charge in [-0.05, 0) is 5.18 Å². The SMILES string of the molecule is O=Nc1ccn2nccc2n1. The van der Waals surface area contributed by atoms with Gasteiger partial charge in [-0.2, -0.15) is 5.10 Å². The lowest BCUT2D eigenvalue weighted by Crippen LogP contribution is -1.86. The number of nitroso groups, excluding NO2 is 1. The van der Waals surface area contributed by atoms with Gasteiger partial charge in [0.05, 0.1) is 6.20 Å². The third-order valence-corrected chi connectivity index (χ3v) is 1.34. The summed E-state index contributed by atoms with van der Waals surface area (Å²) in [4.78, 5) is 13.9. The van der Waals surface area contributed by atoms with E-state index in [4.69, 9.17) is 0 Å². The summed E-state index contributed by atoms with van der Waals surface area (Å²) in [6, 6.07) is 3.21. The standard InChI is InChI=1S/C6H4N4O/c11-9-5-2-4-10-6(8-5)1-3-7-10/h1-4H. The summed E-state index contributed by atoms with van der Waals surface area (Å²) in [5.74, 6) is 0.179. The van der Waals surface area contributed by atoms with Crippen molar-refractivity contribution in [1.29, 1.82) is 0 Å². The summed E-state index contributed by atoms with van der Waals surface area (Å²) >= 11 is 0. The van der Waals surface area contributed by atoms with Crippen molar-refractivity contribution in [3.63, 3.8) is 0 Å². The van der Waals surface area contributed by atoms with Gasteiger partial charge < -0.3 is 0 Å². The highest BCUT2D eigenvalue weighted by Crippen LogP contribution is 2.07. The maximum atomic E-state index is 10.0. The van der Waals surface area contributed by atoms with E-state index in [9.17, 15) is 4.91 Å². The molecule has 0 aliphatic rings. The Morgan fingerprint density at radius 2 is 2.36 bits per heavy atom. The fourth-order valence-electron chi connectivity index (χ4n) is 0.853. The van der Waals surface area contributed by atoms with E-state index in [0.717, 1.165) is 0 Å². The first-order chi connectivity index (χ1) is 5.40.